The SMILES string of the molecule is CCOC(=O)CC(=O)c1cccc(C)c1.Cc1cccc(-c2cc(=O)[nH]c(S)c2C#N)c1.Cc1cccc(-c2cc(=O)[nH]c(SCc3cccc(C(=O)O)c3)c2C#N)c1.N#CCC(N)=S.O=C(O)c1cccc(CCl)c1. The van der Waals surface area contributed by atoms with Gasteiger partial charge in [-0.2, -0.15) is 15.8 Å². The van der Waals surface area contributed by atoms with E-state index in [0.29, 0.717) is 56.1 Å². The number of halogens is 1. The average Bonchev–Trinajstić information content (AvgIpc) is 3.38. The molecule has 0 saturated carbocycles. The monoisotopic (exact) mass is 1090 g/mol. The van der Waals surface area contributed by atoms with E-state index in [1.165, 1.54) is 30.0 Å². The summed E-state index contributed by atoms with van der Waals surface area (Å²) >= 11 is 15.3. The third-order valence-corrected chi connectivity index (χ3v) is 11.9. The molecule has 0 saturated heterocycles. The summed E-state index contributed by atoms with van der Waals surface area (Å²) in [6.45, 7) is 7.84. The van der Waals surface area contributed by atoms with Crippen molar-refractivity contribution in [3.63, 3.8) is 0 Å². The molecule has 0 bridgehead atoms. The smallest absolute Gasteiger partial charge is 0.335 e. The van der Waals surface area contributed by atoms with Gasteiger partial charge in [0.05, 0.1) is 56.4 Å². The predicted octanol–water partition coefficient (Wildman–Crippen LogP) is 11.2. The molecular weight excluding hydrogens is 1040 g/mol. The topological polar surface area (TPSA) is 281 Å². The van der Waals surface area contributed by atoms with E-state index in [1.807, 2.05) is 81.4 Å². The number of nitrogens with zero attached hydrogens (tertiary/aromatic N) is 3. The van der Waals surface area contributed by atoms with Crippen molar-refractivity contribution in [1.82, 2.24) is 9.97 Å². The van der Waals surface area contributed by atoms with Gasteiger partial charge in [0.15, 0.2) is 5.78 Å². The van der Waals surface area contributed by atoms with Crippen LogP contribution in [0.15, 0.2) is 153 Å². The number of benzene rings is 5. The highest BCUT2D eigenvalue weighted by molar-refractivity contribution is 7.98. The Bertz CT molecular complexity index is 3470. The van der Waals surface area contributed by atoms with Gasteiger partial charge in [-0.3, -0.25) is 19.2 Å². The number of Topliss-reactive ketones (excluding diaryl/α,β-unsaturated/α-hetero) is 1. The molecule has 0 spiro atoms. The Morgan fingerprint density at radius 3 is 1.62 bits per heavy atom. The number of ketones is 1. The molecule has 2 aromatic heterocycles. The summed E-state index contributed by atoms with van der Waals surface area (Å²) in [6, 6.07) is 44.6. The molecular formula is C57H51ClN6O9S3. The van der Waals surface area contributed by atoms with Crippen molar-refractivity contribution in [2.75, 3.05) is 6.61 Å². The van der Waals surface area contributed by atoms with Gasteiger partial charge in [-0.25, -0.2) is 9.59 Å². The van der Waals surface area contributed by atoms with Crippen LogP contribution in [-0.2, 0) is 21.2 Å². The van der Waals surface area contributed by atoms with Gasteiger partial charge in [-0.05, 0) is 80.3 Å². The Morgan fingerprint density at radius 1 is 0.684 bits per heavy atom. The molecule has 0 aliphatic heterocycles. The largest absolute Gasteiger partial charge is 0.478 e. The van der Waals surface area contributed by atoms with Gasteiger partial charge in [0.25, 0.3) is 0 Å². The van der Waals surface area contributed by atoms with Crippen molar-refractivity contribution < 1.29 is 34.1 Å². The number of carbonyl (C=O) groups excluding carboxylic acids is 2. The maximum atomic E-state index is 12.1. The zero-order valence-corrected chi connectivity index (χ0v) is 44.8. The van der Waals surface area contributed by atoms with Crippen LogP contribution >= 0.6 is 48.2 Å². The lowest BCUT2D eigenvalue weighted by atomic mass is 10.0. The predicted molar refractivity (Wildman–Crippen MR) is 301 cm³/mol. The first-order valence-corrected chi connectivity index (χ1v) is 25.0. The summed E-state index contributed by atoms with van der Waals surface area (Å²) in [4.78, 5) is 73.2. The summed E-state index contributed by atoms with van der Waals surface area (Å²) in [6.07, 6.45) is 0.00657. The number of hydrogen-bond donors (Lipinski definition) is 6. The number of thiol groups is 1. The molecule has 76 heavy (non-hydrogen) atoms. The van der Waals surface area contributed by atoms with Crippen LogP contribution in [0.3, 0.4) is 0 Å². The number of ether oxygens (including phenoxy) is 1. The van der Waals surface area contributed by atoms with Crippen molar-refractivity contribution >= 4 is 76.9 Å². The lowest BCUT2D eigenvalue weighted by molar-refractivity contribution is -0.141. The van der Waals surface area contributed by atoms with Crippen LogP contribution in [0.5, 0.6) is 0 Å². The molecule has 2 heterocycles. The number of carboxylic acid groups (broad SMARTS) is 2. The van der Waals surface area contributed by atoms with Crippen molar-refractivity contribution in [2.24, 2.45) is 5.73 Å². The molecule has 7 rings (SSSR count). The Morgan fingerprint density at radius 2 is 1.16 bits per heavy atom. The second kappa shape index (κ2) is 31.9. The van der Waals surface area contributed by atoms with E-state index in [9.17, 15) is 34.0 Å². The summed E-state index contributed by atoms with van der Waals surface area (Å²) in [5, 5.41) is 45.0. The van der Waals surface area contributed by atoms with Gasteiger partial charge in [0, 0.05) is 40.5 Å². The van der Waals surface area contributed by atoms with E-state index in [2.05, 4.69) is 47.0 Å². The third-order valence-electron chi connectivity index (χ3n) is 10.0. The highest BCUT2D eigenvalue weighted by atomic mass is 35.5. The number of thiocarbonyl (C=S) groups is 1. The van der Waals surface area contributed by atoms with Crippen LogP contribution in [0, 0.1) is 54.8 Å². The fourth-order valence-corrected chi connectivity index (χ4v) is 8.05. The van der Waals surface area contributed by atoms with Crippen molar-refractivity contribution in [3.05, 3.63) is 210 Å². The van der Waals surface area contributed by atoms with Gasteiger partial charge < -0.3 is 30.7 Å². The number of nitrogens with one attached hydrogen (secondary N) is 2. The second-order valence-corrected chi connectivity index (χ2v) is 18.2. The Balaban J connectivity index is 0.000000270. The number of alkyl halides is 1. The zero-order chi connectivity index (χ0) is 56.3. The fraction of sp³-hybridized carbons (Fsp3) is 0.158. The molecule has 0 fully saturated rings. The number of H-pyrrole nitrogens is 2. The van der Waals surface area contributed by atoms with Crippen LogP contribution in [0.25, 0.3) is 22.3 Å². The molecule has 0 atom stereocenters. The van der Waals surface area contributed by atoms with Crippen molar-refractivity contribution in [3.8, 4) is 40.5 Å². The first kappa shape index (κ1) is 61.7. The van der Waals surface area contributed by atoms with E-state index in [4.69, 9.17) is 42.8 Å². The minimum Gasteiger partial charge on any atom is -0.478 e. The standard InChI is InChI=1S/C21H16N2O3S.C13H10N2OS.C12H14O3.C8H7ClO2.C3H4N2S/c1-13-4-2-6-15(8-13)17-10-19(24)23-20(18(17)11-22)27-12-14-5-3-7-16(9-14)21(25)26;1-8-3-2-4-9(5-8)10-6-12(16)15-13(17)11(10)7-14;1-3-15-12(14)8-11(13)10-6-4-5-9(2)7-10;9-5-6-2-1-3-7(4-6)8(10)11;4-2-1-3(5)6/h2-10H,12H2,1H3,(H,23,24)(H,25,26);2-6H,1H3,(H2,15,16,17);4-7H,3,8H2,1-2H3;1-4H,5H2,(H,10,11);1H2,(H2,5,6). The van der Waals surface area contributed by atoms with E-state index in [1.54, 1.807) is 67.6 Å². The average molecular weight is 1100 g/mol. The molecule has 388 valence electrons. The number of nitrogens with two attached hydrogens (primary N) is 1. The first-order chi connectivity index (χ1) is 36.2. The minimum absolute atomic E-state index is 0.183. The molecule has 0 aliphatic carbocycles. The normalized spacial score (nSPS) is 9.72. The number of thioether (sulfide) groups is 1. The quantitative estimate of drug-likeness (QED) is 0.0119. The van der Waals surface area contributed by atoms with E-state index in [0.717, 1.165) is 38.9 Å². The van der Waals surface area contributed by atoms with Gasteiger partial charge in [-0.1, -0.05) is 120 Å². The van der Waals surface area contributed by atoms with Crippen molar-refractivity contribution in [2.45, 2.75) is 62.2 Å². The number of aryl methyl sites for hydroxylation is 3. The maximum absolute atomic E-state index is 12.1. The van der Waals surface area contributed by atoms with Gasteiger partial charge >= 0.3 is 17.9 Å². The molecule has 7 aromatic rings. The van der Waals surface area contributed by atoms with Crippen LogP contribution in [0.4, 0.5) is 0 Å². The lowest BCUT2D eigenvalue weighted by Gasteiger charge is -2.10. The molecule has 15 nitrogen and oxygen atoms in total. The van der Waals surface area contributed by atoms with E-state index >= 15 is 0 Å². The third kappa shape index (κ3) is 20.7. The number of aromatic nitrogens is 2. The second-order valence-electron chi connectivity index (χ2n) is 16.0. The molecule has 6 N–H and O–H groups in total. The number of carboxylic acids is 2. The summed E-state index contributed by atoms with van der Waals surface area (Å²) in [5.41, 5.74) is 13.8. The van der Waals surface area contributed by atoms with Gasteiger partial charge in [0.2, 0.25) is 11.1 Å². The summed E-state index contributed by atoms with van der Waals surface area (Å²) in [7, 11) is 0. The molecule has 0 aliphatic rings. The number of carbonyl (C=O) groups is 4. The zero-order valence-electron chi connectivity index (χ0n) is 41.6. The van der Waals surface area contributed by atoms with E-state index in [-0.39, 0.29) is 45.9 Å². The fourth-order valence-electron chi connectivity index (χ4n) is 6.57. The van der Waals surface area contributed by atoms with E-state index < -0.39 is 17.9 Å². The highest BCUT2D eigenvalue weighted by Gasteiger charge is 2.15. The highest BCUT2D eigenvalue weighted by Crippen LogP contribution is 2.31. The first-order valence-electron chi connectivity index (χ1n) is 22.7. The number of hydrogen-bond acceptors (Lipinski definition) is 13. The number of aromatic amines is 2. The van der Waals surface area contributed by atoms with Gasteiger partial charge in [-0.15, -0.1) is 36.0 Å². The molecule has 19 heteroatoms. The van der Waals surface area contributed by atoms with Crippen LogP contribution < -0.4 is 16.9 Å². The number of rotatable bonds is 13. The van der Waals surface area contributed by atoms with Crippen molar-refractivity contribution in [1.29, 1.82) is 15.8 Å². The lowest BCUT2D eigenvalue weighted by Crippen LogP contribution is -2.11. The molecule has 0 unspecified atom stereocenters. The number of aromatic carboxylic acids is 2. The molecule has 5 aromatic carbocycles. The van der Waals surface area contributed by atoms with Gasteiger partial charge in [0.1, 0.15) is 18.6 Å². The number of nitriles is 3. The Hall–Kier alpha value is -8.57. The Kier molecular flexibility index (Phi) is 25.9. The number of esters is 1. The number of pyridine rings is 2. The summed E-state index contributed by atoms with van der Waals surface area (Å²) < 4.78 is 4.70. The maximum Gasteiger partial charge on any atom is 0.335 e. The summed E-state index contributed by atoms with van der Waals surface area (Å²) in [5.74, 6) is -1.79. The van der Waals surface area contributed by atoms with Crippen LogP contribution in [0.1, 0.15) is 89.8 Å². The Labute approximate surface area is 459 Å². The molecule has 0 amide bonds. The minimum atomic E-state index is -0.991. The van der Waals surface area contributed by atoms with Crippen LogP contribution in [-0.4, -0.2) is 55.5 Å². The van der Waals surface area contributed by atoms with Crippen LogP contribution in [0.2, 0.25) is 0 Å². The molecule has 0 radical (unpaired) electrons.